The van der Waals surface area contributed by atoms with Crippen LogP contribution in [0.4, 0.5) is 14.9 Å². The summed E-state index contributed by atoms with van der Waals surface area (Å²) in [5, 5.41) is 2.24. The molecule has 0 aliphatic carbocycles. The van der Waals surface area contributed by atoms with Crippen molar-refractivity contribution in [2.75, 3.05) is 4.90 Å². The molecule has 37 heavy (non-hydrogen) atoms. The molecular formula is C29H24BrFN2O4. The summed E-state index contributed by atoms with van der Waals surface area (Å²) in [5.74, 6) is -1.37. The van der Waals surface area contributed by atoms with Gasteiger partial charge in [0.25, 0.3) is 11.8 Å². The first-order chi connectivity index (χ1) is 17.7. The third-order valence-electron chi connectivity index (χ3n) is 6.00. The Labute approximate surface area is 222 Å². The summed E-state index contributed by atoms with van der Waals surface area (Å²) in [6.07, 6.45) is 3.54. The van der Waals surface area contributed by atoms with Crippen LogP contribution in [0.5, 0.6) is 5.75 Å². The Kier molecular flexibility index (Phi) is 7.69. The molecule has 1 N–H and O–H groups in total. The van der Waals surface area contributed by atoms with Crippen LogP contribution in [-0.2, 0) is 22.6 Å². The number of hydrogen-bond donors (Lipinski definition) is 1. The van der Waals surface area contributed by atoms with Crippen molar-refractivity contribution in [3.05, 3.63) is 111 Å². The quantitative estimate of drug-likeness (QED) is 0.212. The highest BCUT2D eigenvalue weighted by Gasteiger charge is 2.37. The van der Waals surface area contributed by atoms with Gasteiger partial charge >= 0.3 is 6.03 Å². The number of carbonyl (C=O) groups is 3. The highest BCUT2D eigenvalue weighted by Crippen LogP contribution is 2.34. The van der Waals surface area contributed by atoms with Gasteiger partial charge in [0, 0.05) is 5.56 Å². The Hall–Kier alpha value is -4.04. The number of hydrogen-bond acceptors (Lipinski definition) is 4. The van der Waals surface area contributed by atoms with E-state index in [1.165, 1.54) is 12.1 Å². The summed E-state index contributed by atoms with van der Waals surface area (Å²) in [6, 6.07) is 14.2. The number of amides is 4. The second-order valence-corrected chi connectivity index (χ2v) is 9.44. The van der Waals surface area contributed by atoms with Crippen LogP contribution >= 0.6 is 15.9 Å². The third-order valence-corrected chi connectivity index (χ3v) is 6.59. The zero-order chi connectivity index (χ0) is 26.7. The molecule has 1 heterocycles. The van der Waals surface area contributed by atoms with Crippen LogP contribution in [0.2, 0.25) is 0 Å². The number of halogens is 2. The van der Waals surface area contributed by atoms with E-state index in [2.05, 4.69) is 27.8 Å². The van der Waals surface area contributed by atoms with Gasteiger partial charge in [-0.05, 0) is 94.9 Å². The van der Waals surface area contributed by atoms with Gasteiger partial charge in [-0.25, -0.2) is 14.1 Å². The molecule has 0 unspecified atom stereocenters. The molecule has 0 saturated carbocycles. The van der Waals surface area contributed by atoms with Crippen molar-refractivity contribution >= 4 is 45.5 Å². The maximum absolute atomic E-state index is 14.0. The van der Waals surface area contributed by atoms with Gasteiger partial charge in [-0.3, -0.25) is 14.9 Å². The number of nitrogens with zero attached hydrogens (tertiary/aromatic N) is 1. The summed E-state index contributed by atoms with van der Waals surface area (Å²) in [6.45, 7) is 7.60. The number of carbonyl (C=O) groups excluding carboxylic acids is 3. The van der Waals surface area contributed by atoms with E-state index >= 15 is 0 Å². The van der Waals surface area contributed by atoms with E-state index in [0.29, 0.717) is 33.5 Å². The van der Waals surface area contributed by atoms with Crippen LogP contribution in [0.25, 0.3) is 6.08 Å². The average Bonchev–Trinajstić information content (AvgIpc) is 2.84. The molecule has 3 aromatic carbocycles. The lowest BCUT2D eigenvalue weighted by Crippen LogP contribution is -2.54. The van der Waals surface area contributed by atoms with Crippen LogP contribution < -0.4 is 15.0 Å². The predicted molar refractivity (Wildman–Crippen MR) is 144 cm³/mol. The first kappa shape index (κ1) is 26.0. The van der Waals surface area contributed by atoms with E-state index in [1.54, 1.807) is 48.5 Å². The second kappa shape index (κ2) is 10.9. The molecule has 1 fully saturated rings. The molecule has 0 radical (unpaired) electrons. The molecule has 0 atom stereocenters. The Bertz CT molecular complexity index is 1460. The molecule has 8 heteroatoms. The summed E-state index contributed by atoms with van der Waals surface area (Å²) in [7, 11) is 0. The van der Waals surface area contributed by atoms with Crippen molar-refractivity contribution in [3.63, 3.8) is 0 Å². The largest absolute Gasteiger partial charge is 0.487 e. The number of nitrogens with one attached hydrogen (secondary N) is 1. The number of aryl methyl sites for hydroxylation is 2. The number of allylic oxidation sites excluding steroid dienone is 1. The van der Waals surface area contributed by atoms with Gasteiger partial charge in [-0.1, -0.05) is 30.3 Å². The first-order valence-electron chi connectivity index (χ1n) is 11.5. The van der Waals surface area contributed by atoms with Gasteiger partial charge in [0.05, 0.1) is 10.2 Å². The molecule has 4 rings (SSSR count). The fourth-order valence-corrected chi connectivity index (χ4v) is 4.55. The van der Waals surface area contributed by atoms with Gasteiger partial charge in [0.2, 0.25) is 0 Å². The lowest BCUT2D eigenvalue weighted by molar-refractivity contribution is -0.122. The number of anilines is 1. The van der Waals surface area contributed by atoms with Crippen LogP contribution in [-0.4, -0.2) is 17.8 Å². The summed E-state index contributed by atoms with van der Waals surface area (Å²) < 4.78 is 20.5. The molecule has 1 aliphatic heterocycles. The molecule has 3 aromatic rings. The molecule has 1 aliphatic rings. The third kappa shape index (κ3) is 5.54. The smallest absolute Gasteiger partial charge is 0.335 e. The first-order valence-corrected chi connectivity index (χ1v) is 12.3. The molecule has 1 saturated heterocycles. The van der Waals surface area contributed by atoms with E-state index in [9.17, 15) is 18.8 Å². The number of imide groups is 2. The Balaban J connectivity index is 1.68. The Morgan fingerprint density at radius 1 is 1.03 bits per heavy atom. The van der Waals surface area contributed by atoms with Crippen LogP contribution in [0.1, 0.15) is 27.8 Å². The number of ether oxygens (including phenoxy) is 1. The summed E-state index contributed by atoms with van der Waals surface area (Å²) in [4.78, 5) is 39.4. The SMILES string of the molecule is C=CCc1cc(/C=C2\C(=O)NC(=O)N(c3ccc(C)c(C)c3)C2=O)cc(Br)c1OCc1ccccc1F. The zero-order valence-corrected chi connectivity index (χ0v) is 21.9. The van der Waals surface area contributed by atoms with Crippen molar-refractivity contribution in [2.45, 2.75) is 26.9 Å². The fraction of sp³-hybridized carbons (Fsp3) is 0.138. The molecule has 188 valence electrons. The number of urea groups is 1. The maximum Gasteiger partial charge on any atom is 0.335 e. The van der Waals surface area contributed by atoms with Gasteiger partial charge in [-0.15, -0.1) is 6.58 Å². The molecular weight excluding hydrogens is 539 g/mol. The van der Waals surface area contributed by atoms with Crippen LogP contribution in [0, 0.1) is 19.7 Å². The highest BCUT2D eigenvalue weighted by atomic mass is 79.9. The Morgan fingerprint density at radius 2 is 1.78 bits per heavy atom. The van der Waals surface area contributed by atoms with E-state index < -0.39 is 17.8 Å². The maximum atomic E-state index is 14.0. The number of benzene rings is 3. The highest BCUT2D eigenvalue weighted by molar-refractivity contribution is 9.10. The van der Waals surface area contributed by atoms with Crippen LogP contribution in [0.15, 0.2) is 77.3 Å². The topological polar surface area (TPSA) is 75.7 Å². The second-order valence-electron chi connectivity index (χ2n) is 8.59. The monoisotopic (exact) mass is 562 g/mol. The van der Waals surface area contributed by atoms with E-state index in [1.807, 2.05) is 19.9 Å². The molecule has 6 nitrogen and oxygen atoms in total. The minimum atomic E-state index is -0.805. The molecule has 0 spiro atoms. The summed E-state index contributed by atoms with van der Waals surface area (Å²) in [5.41, 5.74) is 3.77. The normalized spacial score (nSPS) is 14.6. The van der Waals surface area contributed by atoms with Gasteiger partial charge in [-0.2, -0.15) is 0 Å². The standard InChI is InChI=1S/C29H24BrFN2O4/c1-4-7-20-13-19(15-24(30)26(20)37-16-21-8-5-6-9-25(21)31)14-23-27(34)32-29(36)33(28(23)35)22-11-10-17(2)18(3)12-22/h4-6,8-15H,1,7,16H2,2-3H3,(H,32,34,36)/b23-14+. The zero-order valence-electron chi connectivity index (χ0n) is 20.3. The van der Waals surface area contributed by atoms with E-state index in [0.717, 1.165) is 21.6 Å². The van der Waals surface area contributed by atoms with Crippen molar-refractivity contribution in [1.29, 1.82) is 0 Å². The lowest BCUT2D eigenvalue weighted by atomic mass is 10.0. The van der Waals surface area contributed by atoms with Gasteiger partial charge < -0.3 is 4.74 Å². The summed E-state index contributed by atoms with van der Waals surface area (Å²) >= 11 is 3.50. The minimum Gasteiger partial charge on any atom is -0.487 e. The number of barbiturate groups is 1. The average molecular weight is 563 g/mol. The van der Waals surface area contributed by atoms with Crippen molar-refractivity contribution in [1.82, 2.24) is 5.32 Å². The van der Waals surface area contributed by atoms with Crippen LogP contribution in [0.3, 0.4) is 0 Å². The lowest BCUT2D eigenvalue weighted by Gasteiger charge is -2.27. The molecule has 0 bridgehead atoms. The fourth-order valence-electron chi connectivity index (χ4n) is 3.91. The van der Waals surface area contributed by atoms with Gasteiger partial charge in [0.1, 0.15) is 23.7 Å². The Morgan fingerprint density at radius 3 is 2.49 bits per heavy atom. The van der Waals surface area contributed by atoms with E-state index in [-0.39, 0.29) is 18.0 Å². The molecule has 4 amide bonds. The predicted octanol–water partition coefficient (Wildman–Crippen LogP) is 6.18. The van der Waals surface area contributed by atoms with Crippen molar-refractivity contribution < 1.29 is 23.5 Å². The van der Waals surface area contributed by atoms with Crippen molar-refractivity contribution in [3.8, 4) is 5.75 Å². The van der Waals surface area contributed by atoms with E-state index in [4.69, 9.17) is 4.74 Å². The molecule has 0 aromatic heterocycles. The van der Waals surface area contributed by atoms with Crippen molar-refractivity contribution in [2.24, 2.45) is 0 Å². The minimum absolute atomic E-state index is 0.0176. The van der Waals surface area contributed by atoms with Gasteiger partial charge in [0.15, 0.2) is 0 Å². The number of rotatable bonds is 7.